The van der Waals surface area contributed by atoms with E-state index in [4.69, 9.17) is 5.73 Å². The Morgan fingerprint density at radius 2 is 0.982 bits per heavy atom. The summed E-state index contributed by atoms with van der Waals surface area (Å²) >= 11 is 0. The third-order valence-corrected chi connectivity index (χ3v) is 14.7. The summed E-state index contributed by atoms with van der Waals surface area (Å²) in [6.07, 6.45) is 8.31. The minimum atomic E-state index is -0.288. The van der Waals surface area contributed by atoms with Crippen molar-refractivity contribution in [2.75, 3.05) is 0 Å². The zero-order valence-corrected chi connectivity index (χ0v) is 33.3. The first kappa shape index (κ1) is 45.8. The highest BCUT2D eigenvalue weighted by Crippen LogP contribution is 2.63. The van der Waals surface area contributed by atoms with Gasteiger partial charge in [-0.3, -0.25) is 14.4 Å². The van der Waals surface area contributed by atoms with E-state index in [1.165, 1.54) is 49.7 Å². The number of fused-ring (bicyclic) bond motifs is 2. The van der Waals surface area contributed by atoms with Gasteiger partial charge in [0.1, 0.15) is 23.0 Å². The van der Waals surface area contributed by atoms with Crippen LogP contribution in [-0.4, -0.2) is 50.0 Å². The molecule has 7 N–H and O–H groups in total. The number of Topliss-reactive ketones (excluding diaryl/α,β-unsaturated/α-hetero) is 2. The topological polar surface area (TPSA) is 170 Å². The Labute approximate surface area is 330 Å². The number of nitrogens with one attached hydrogen (secondary N) is 1. The van der Waals surface area contributed by atoms with Crippen LogP contribution in [0.3, 0.4) is 0 Å². The van der Waals surface area contributed by atoms with Crippen LogP contribution in [-0.2, 0) is 4.79 Å². The molecule has 9 heteroatoms. The highest BCUT2D eigenvalue weighted by atomic mass is 16.3. The quantitative estimate of drug-likeness (QED) is 0.164. The molecule has 4 fully saturated rings. The van der Waals surface area contributed by atoms with Crippen LogP contribution in [0.4, 0.5) is 0 Å². The van der Waals surface area contributed by atoms with Crippen molar-refractivity contribution in [2.24, 2.45) is 62.9 Å². The van der Waals surface area contributed by atoms with Gasteiger partial charge in [0.25, 0.3) is 0 Å². The van der Waals surface area contributed by atoms with Crippen molar-refractivity contribution >= 4 is 17.5 Å². The predicted molar refractivity (Wildman–Crippen MR) is 220 cm³/mol. The van der Waals surface area contributed by atoms with E-state index in [9.17, 15) is 34.8 Å². The second-order valence-electron chi connectivity index (χ2n) is 19.1. The predicted octanol–water partition coefficient (Wildman–Crippen LogP) is 9.64. The number of carbonyl (C=O) groups excluding carboxylic acids is 3. The number of amides is 1. The summed E-state index contributed by atoms with van der Waals surface area (Å²) in [7, 11) is 0. The van der Waals surface area contributed by atoms with Crippen LogP contribution in [0.5, 0.6) is 23.0 Å². The lowest BCUT2D eigenvalue weighted by Crippen LogP contribution is -2.60. The van der Waals surface area contributed by atoms with Gasteiger partial charge in [-0.1, -0.05) is 83.1 Å². The van der Waals surface area contributed by atoms with Crippen molar-refractivity contribution < 1.29 is 34.8 Å². The molecule has 10 atom stereocenters. The number of ketones is 2. The highest BCUT2D eigenvalue weighted by molar-refractivity contribution is 6.00. The van der Waals surface area contributed by atoms with Crippen LogP contribution in [0.1, 0.15) is 149 Å². The Morgan fingerprint density at radius 1 is 0.618 bits per heavy atom. The van der Waals surface area contributed by atoms with Gasteiger partial charge >= 0.3 is 0 Å². The van der Waals surface area contributed by atoms with Gasteiger partial charge in [0.2, 0.25) is 5.91 Å². The van der Waals surface area contributed by atoms with Gasteiger partial charge in [0.05, 0.1) is 0 Å². The first-order chi connectivity index (χ1) is 24.5. The van der Waals surface area contributed by atoms with Crippen LogP contribution in [0, 0.1) is 57.2 Å². The average molecular weight is 765 g/mol. The first-order valence-electron chi connectivity index (χ1n) is 19.7. The Morgan fingerprint density at radius 3 is 1.36 bits per heavy atom. The molecule has 0 aliphatic heterocycles. The number of benzene rings is 2. The van der Waals surface area contributed by atoms with E-state index in [0.29, 0.717) is 23.0 Å². The van der Waals surface area contributed by atoms with Gasteiger partial charge in [-0.15, -0.1) is 0 Å². The standard InChI is InChI=1S/C23H33NO4.C21H31NO3.2CH4/c1-13-18(24-14(2)25)12-19-22(3,4)7-6-8-23(19,5)20(13)21(28)15-9-16(26)11-17(27)10-15;1-12-16(22)11-17-20(2,3)6-5-7-21(17,4)18(12)19(25)13-8-14(23)10-15(24)9-13;;/h9-11,13,18-20,26-27H,6-8,12H2,1-5H3,(H,24,25);8-10,12,16-18,23-24H,5-7,11,22H2,1-4H3;2*1H4/t13-,18-,19+,20-,23+;12-,16-,17+,18-,21+;;/m11../s1. The van der Waals surface area contributed by atoms with Gasteiger partial charge in [-0.05, 0) is 108 Å². The molecule has 0 heterocycles. The lowest BCUT2D eigenvalue weighted by Gasteiger charge is -2.60. The molecule has 0 spiro atoms. The maximum atomic E-state index is 13.7. The molecule has 0 bridgehead atoms. The fraction of sp³-hybridized carbons (Fsp3) is 0.674. The van der Waals surface area contributed by atoms with Crippen LogP contribution in [0.2, 0.25) is 0 Å². The summed E-state index contributed by atoms with van der Waals surface area (Å²) < 4.78 is 0. The number of phenols is 4. The highest BCUT2D eigenvalue weighted by Gasteiger charge is 2.59. The van der Waals surface area contributed by atoms with E-state index in [-0.39, 0.29) is 113 Å². The summed E-state index contributed by atoms with van der Waals surface area (Å²) in [6, 6.07) is 8.20. The number of hydrogen-bond acceptors (Lipinski definition) is 8. The Balaban J connectivity index is 0.000000287. The maximum absolute atomic E-state index is 13.7. The first-order valence-corrected chi connectivity index (χ1v) is 19.7. The third-order valence-electron chi connectivity index (χ3n) is 14.7. The zero-order chi connectivity index (χ0) is 39.4. The second kappa shape index (κ2) is 16.5. The molecule has 4 aliphatic rings. The lowest BCUT2D eigenvalue weighted by atomic mass is 9.45. The molecule has 2 aromatic rings. The molecule has 308 valence electrons. The van der Waals surface area contributed by atoms with Crippen molar-refractivity contribution in [3.8, 4) is 23.0 Å². The van der Waals surface area contributed by atoms with Crippen molar-refractivity contribution in [2.45, 2.75) is 141 Å². The fourth-order valence-corrected chi connectivity index (χ4v) is 12.3. The SMILES string of the molecule is C.C.CC(=O)N[C@@H]1C[C@H]2C(C)(C)CCC[C@]2(C)[C@@H](C(=O)c2cc(O)cc(O)c2)[C@@H]1C.C[C@@H]1[C@H](N)C[C@H]2C(C)(C)CCC[C@]2(C)[C@H]1C(=O)c1cc(O)cc(O)c1. The Bertz CT molecular complexity index is 1680. The van der Waals surface area contributed by atoms with Crippen LogP contribution in [0.15, 0.2) is 36.4 Å². The van der Waals surface area contributed by atoms with E-state index in [0.717, 1.165) is 44.9 Å². The van der Waals surface area contributed by atoms with Crippen LogP contribution < -0.4 is 11.1 Å². The van der Waals surface area contributed by atoms with Gasteiger partial charge < -0.3 is 31.5 Å². The fourth-order valence-electron chi connectivity index (χ4n) is 12.3. The van der Waals surface area contributed by atoms with Crippen LogP contribution >= 0.6 is 0 Å². The van der Waals surface area contributed by atoms with E-state index >= 15 is 0 Å². The normalized spacial score (nSPS) is 34.4. The summed E-state index contributed by atoms with van der Waals surface area (Å²) in [5, 5.41) is 42.5. The molecule has 55 heavy (non-hydrogen) atoms. The third kappa shape index (κ3) is 8.72. The summed E-state index contributed by atoms with van der Waals surface area (Å²) in [6.45, 7) is 19.3. The number of hydrogen-bond donors (Lipinski definition) is 6. The molecule has 0 aromatic heterocycles. The molecule has 1 amide bonds. The van der Waals surface area contributed by atoms with Crippen LogP contribution in [0.25, 0.3) is 0 Å². The molecule has 0 saturated heterocycles. The molecule has 4 aliphatic carbocycles. The molecule has 0 unspecified atom stereocenters. The Hall–Kier alpha value is -3.59. The van der Waals surface area contributed by atoms with Gasteiger partial charge in [0, 0.05) is 54.1 Å². The van der Waals surface area contributed by atoms with E-state index in [1.807, 2.05) is 0 Å². The van der Waals surface area contributed by atoms with Gasteiger partial charge in [0.15, 0.2) is 11.6 Å². The van der Waals surface area contributed by atoms with E-state index in [1.54, 1.807) is 0 Å². The second-order valence-corrected chi connectivity index (χ2v) is 19.1. The number of nitrogens with two attached hydrogens (primary N) is 1. The molecule has 2 aromatic carbocycles. The minimum Gasteiger partial charge on any atom is -0.508 e. The average Bonchev–Trinajstić information content (AvgIpc) is 3.02. The summed E-state index contributed by atoms with van der Waals surface area (Å²) in [5.41, 5.74) is 7.17. The molecule has 9 nitrogen and oxygen atoms in total. The largest absolute Gasteiger partial charge is 0.508 e. The van der Waals surface area contributed by atoms with Crippen molar-refractivity contribution in [1.29, 1.82) is 0 Å². The Kier molecular flexibility index (Phi) is 13.7. The summed E-state index contributed by atoms with van der Waals surface area (Å²) in [4.78, 5) is 39.0. The van der Waals surface area contributed by atoms with Crippen molar-refractivity contribution in [3.05, 3.63) is 47.5 Å². The lowest BCUT2D eigenvalue weighted by molar-refractivity contribution is -0.125. The van der Waals surface area contributed by atoms with E-state index < -0.39 is 0 Å². The zero-order valence-electron chi connectivity index (χ0n) is 33.3. The molecule has 4 saturated carbocycles. The monoisotopic (exact) mass is 765 g/mol. The molecular weight excluding hydrogens is 693 g/mol. The summed E-state index contributed by atoms with van der Waals surface area (Å²) in [5.74, 6) is -0.251. The van der Waals surface area contributed by atoms with Gasteiger partial charge in [-0.25, -0.2) is 0 Å². The van der Waals surface area contributed by atoms with E-state index in [2.05, 4.69) is 60.7 Å². The number of carbonyl (C=O) groups is 3. The van der Waals surface area contributed by atoms with Crippen molar-refractivity contribution in [1.82, 2.24) is 5.32 Å². The molecule has 0 radical (unpaired) electrons. The number of aromatic hydroxyl groups is 4. The molecule has 6 rings (SSSR count). The molecular formula is C46H72N2O7. The van der Waals surface area contributed by atoms with Crippen molar-refractivity contribution in [3.63, 3.8) is 0 Å². The number of phenolic OH excluding ortho intramolecular Hbond substituents is 4. The smallest absolute Gasteiger partial charge is 0.217 e. The number of rotatable bonds is 5. The minimum absolute atomic E-state index is 0. The maximum Gasteiger partial charge on any atom is 0.217 e. The van der Waals surface area contributed by atoms with Gasteiger partial charge in [-0.2, -0.15) is 0 Å².